The number of alkyl halides is 3. The minimum atomic E-state index is -5.29. The number of sulfonamides is 1. The average molecular weight is 476 g/mol. The van der Waals surface area contributed by atoms with Crippen molar-refractivity contribution in [1.82, 2.24) is 9.55 Å². The summed E-state index contributed by atoms with van der Waals surface area (Å²) in [5.41, 5.74) is -8.59. The standard InChI is InChI=1S/C18H16F4N4O5S/c1-4-5-13(27)26(32(3,30)31)12-7-10(11(19)6-9(12)8-23)14-15(18(20,21)22)25(2)17(29)24-16(14)28/h6-7H,4-5H2,1-3H3,(H,24,28,29). The molecule has 1 amide bonds. The van der Waals surface area contributed by atoms with Crippen molar-refractivity contribution in [2.75, 3.05) is 10.6 Å². The summed E-state index contributed by atoms with van der Waals surface area (Å²) in [5, 5.41) is 9.31. The molecule has 0 spiro atoms. The molecule has 0 atom stereocenters. The van der Waals surface area contributed by atoms with Gasteiger partial charge in [0.15, 0.2) is 0 Å². The number of hydrogen-bond acceptors (Lipinski definition) is 6. The van der Waals surface area contributed by atoms with Crippen LogP contribution in [0.15, 0.2) is 21.7 Å². The van der Waals surface area contributed by atoms with Crippen molar-refractivity contribution in [3.05, 3.63) is 50.0 Å². The van der Waals surface area contributed by atoms with Crippen molar-refractivity contribution >= 4 is 21.6 Å². The van der Waals surface area contributed by atoms with Crippen LogP contribution in [-0.2, 0) is 28.0 Å². The molecule has 0 fully saturated rings. The van der Waals surface area contributed by atoms with E-state index in [0.29, 0.717) is 25.4 Å². The fraction of sp³-hybridized carbons (Fsp3) is 0.333. The molecule has 172 valence electrons. The maximum absolute atomic E-state index is 14.8. The van der Waals surface area contributed by atoms with Crippen molar-refractivity contribution in [3.63, 3.8) is 0 Å². The Morgan fingerprint density at radius 1 is 1.28 bits per heavy atom. The van der Waals surface area contributed by atoms with Crippen LogP contribution in [0.5, 0.6) is 0 Å². The third-order valence-electron chi connectivity index (χ3n) is 4.31. The molecule has 2 aromatic rings. The lowest BCUT2D eigenvalue weighted by atomic mass is 10.0. The molecule has 0 saturated heterocycles. The van der Waals surface area contributed by atoms with Crippen molar-refractivity contribution in [1.29, 1.82) is 5.26 Å². The molecule has 32 heavy (non-hydrogen) atoms. The first-order valence-corrected chi connectivity index (χ1v) is 10.7. The van der Waals surface area contributed by atoms with Gasteiger partial charge in [0.1, 0.15) is 17.6 Å². The lowest BCUT2D eigenvalue weighted by Gasteiger charge is -2.23. The van der Waals surface area contributed by atoms with E-state index in [1.54, 1.807) is 11.9 Å². The van der Waals surface area contributed by atoms with Gasteiger partial charge < -0.3 is 0 Å². The van der Waals surface area contributed by atoms with Crippen LogP contribution in [0.2, 0.25) is 0 Å². The topological polar surface area (TPSA) is 133 Å². The second kappa shape index (κ2) is 8.58. The minimum Gasteiger partial charge on any atom is -0.292 e. The first kappa shape index (κ1) is 24.8. The van der Waals surface area contributed by atoms with Gasteiger partial charge >= 0.3 is 11.9 Å². The summed E-state index contributed by atoms with van der Waals surface area (Å²) in [5.74, 6) is -2.49. The second-order valence-electron chi connectivity index (χ2n) is 6.67. The van der Waals surface area contributed by atoms with E-state index in [1.165, 1.54) is 6.07 Å². The Morgan fingerprint density at radius 3 is 2.34 bits per heavy atom. The maximum atomic E-state index is 14.8. The number of carbonyl (C=O) groups is 1. The zero-order chi connectivity index (χ0) is 24.6. The number of amides is 1. The molecule has 9 nitrogen and oxygen atoms in total. The van der Waals surface area contributed by atoms with Gasteiger partial charge in [-0.25, -0.2) is 21.9 Å². The number of halogens is 4. The predicted molar refractivity (Wildman–Crippen MR) is 105 cm³/mol. The number of aromatic nitrogens is 2. The van der Waals surface area contributed by atoms with Gasteiger partial charge in [-0.3, -0.25) is 19.1 Å². The van der Waals surface area contributed by atoms with Crippen molar-refractivity contribution in [3.8, 4) is 17.2 Å². The average Bonchev–Trinajstić information content (AvgIpc) is 2.63. The third-order valence-corrected chi connectivity index (χ3v) is 5.37. The number of carbonyl (C=O) groups excluding carboxylic acids is 1. The summed E-state index contributed by atoms with van der Waals surface area (Å²) in [7, 11) is -3.71. The smallest absolute Gasteiger partial charge is 0.292 e. The van der Waals surface area contributed by atoms with Crippen LogP contribution in [0.4, 0.5) is 23.2 Å². The quantitative estimate of drug-likeness (QED) is 0.655. The molecule has 0 aliphatic carbocycles. The number of nitriles is 1. The molecular weight excluding hydrogens is 460 g/mol. The fourth-order valence-electron chi connectivity index (χ4n) is 3.03. The van der Waals surface area contributed by atoms with Crippen molar-refractivity contribution < 1.29 is 30.8 Å². The molecule has 0 saturated carbocycles. The summed E-state index contributed by atoms with van der Waals surface area (Å²) in [4.78, 5) is 38.0. The molecular formula is C18H16F4N4O5S. The molecule has 1 aromatic carbocycles. The van der Waals surface area contributed by atoms with Crippen LogP contribution in [0.1, 0.15) is 31.0 Å². The second-order valence-corrected chi connectivity index (χ2v) is 8.50. The Balaban J connectivity index is 3.05. The SMILES string of the molecule is CCCC(=O)N(c1cc(-c2c(C(F)(F)F)n(C)c(=O)[nH]c2=O)c(F)cc1C#N)S(C)(=O)=O. The van der Waals surface area contributed by atoms with E-state index < -0.39 is 67.2 Å². The zero-order valence-electron chi connectivity index (χ0n) is 16.9. The van der Waals surface area contributed by atoms with Gasteiger partial charge in [-0.2, -0.15) is 18.4 Å². The zero-order valence-corrected chi connectivity index (χ0v) is 17.7. The van der Waals surface area contributed by atoms with Crippen molar-refractivity contribution in [2.24, 2.45) is 7.05 Å². The molecule has 14 heteroatoms. The number of nitrogens with zero attached hydrogens (tertiary/aromatic N) is 3. The highest BCUT2D eigenvalue weighted by Crippen LogP contribution is 2.37. The van der Waals surface area contributed by atoms with Gasteiger partial charge in [0.05, 0.1) is 23.1 Å². The van der Waals surface area contributed by atoms with Crippen LogP contribution >= 0.6 is 0 Å². The minimum absolute atomic E-state index is 0.0462. The summed E-state index contributed by atoms with van der Waals surface area (Å²) in [6.45, 7) is 1.55. The highest BCUT2D eigenvalue weighted by atomic mass is 32.2. The van der Waals surface area contributed by atoms with Gasteiger partial charge in [-0.1, -0.05) is 6.92 Å². The Morgan fingerprint density at radius 2 is 1.88 bits per heavy atom. The van der Waals surface area contributed by atoms with E-state index in [-0.39, 0.29) is 21.7 Å². The lowest BCUT2D eigenvalue weighted by molar-refractivity contribution is -0.143. The number of hydrogen-bond donors (Lipinski definition) is 1. The van der Waals surface area contributed by atoms with Crippen LogP contribution < -0.4 is 15.6 Å². The monoisotopic (exact) mass is 476 g/mol. The van der Waals surface area contributed by atoms with E-state index in [4.69, 9.17) is 0 Å². The Hall–Kier alpha value is -3.47. The van der Waals surface area contributed by atoms with Crippen molar-refractivity contribution in [2.45, 2.75) is 25.9 Å². The summed E-state index contributed by atoms with van der Waals surface area (Å²) in [6.07, 6.45) is -4.78. The highest BCUT2D eigenvalue weighted by Gasteiger charge is 2.40. The summed E-state index contributed by atoms with van der Waals surface area (Å²) < 4.78 is 80.5. The summed E-state index contributed by atoms with van der Waals surface area (Å²) >= 11 is 0. The van der Waals surface area contributed by atoms with E-state index in [0.717, 1.165) is 0 Å². The first-order chi connectivity index (χ1) is 14.6. The van der Waals surface area contributed by atoms with Crippen LogP contribution in [0, 0.1) is 17.1 Å². The first-order valence-electron chi connectivity index (χ1n) is 8.82. The Labute approximate surface area is 178 Å². The van der Waals surface area contributed by atoms with Gasteiger partial charge in [0, 0.05) is 19.0 Å². The van der Waals surface area contributed by atoms with Gasteiger partial charge in [0.25, 0.3) is 5.56 Å². The number of anilines is 1. The number of rotatable bonds is 5. The van der Waals surface area contributed by atoms with E-state index in [2.05, 4.69) is 0 Å². The largest absolute Gasteiger partial charge is 0.432 e. The van der Waals surface area contributed by atoms with Gasteiger partial charge in [-0.05, 0) is 18.6 Å². The molecule has 0 bridgehead atoms. The third kappa shape index (κ3) is 4.57. The number of aromatic amines is 1. The summed E-state index contributed by atoms with van der Waals surface area (Å²) in [6, 6.07) is 2.39. The fourth-order valence-corrected chi connectivity index (χ4v) is 4.00. The Bertz CT molecular complexity index is 1350. The molecule has 0 radical (unpaired) electrons. The molecule has 0 unspecified atom stereocenters. The van der Waals surface area contributed by atoms with E-state index in [1.807, 2.05) is 0 Å². The maximum Gasteiger partial charge on any atom is 0.432 e. The number of nitrogens with one attached hydrogen (secondary N) is 1. The highest BCUT2D eigenvalue weighted by molar-refractivity contribution is 7.92. The van der Waals surface area contributed by atoms with E-state index in [9.17, 15) is 45.6 Å². The molecule has 1 aromatic heterocycles. The van der Waals surface area contributed by atoms with Crippen LogP contribution in [0.3, 0.4) is 0 Å². The number of benzene rings is 1. The normalized spacial score (nSPS) is 11.8. The molecule has 1 N–H and O–H groups in total. The van der Waals surface area contributed by atoms with Gasteiger partial charge in [0.2, 0.25) is 15.9 Å². The van der Waals surface area contributed by atoms with Crippen LogP contribution in [0.25, 0.3) is 11.1 Å². The van der Waals surface area contributed by atoms with Crippen LogP contribution in [-0.4, -0.2) is 30.1 Å². The Kier molecular flexibility index (Phi) is 6.65. The number of H-pyrrole nitrogens is 1. The molecule has 2 rings (SSSR count). The van der Waals surface area contributed by atoms with Gasteiger partial charge in [-0.15, -0.1) is 0 Å². The van der Waals surface area contributed by atoms with E-state index >= 15 is 0 Å². The molecule has 0 aliphatic rings. The molecule has 0 aliphatic heterocycles. The molecule has 1 heterocycles. The predicted octanol–water partition coefficient (Wildman–Crippen LogP) is 1.86. The lowest BCUT2D eigenvalue weighted by Crippen LogP contribution is -2.37.